The minimum absolute atomic E-state index is 0.116. The first-order chi connectivity index (χ1) is 21.9. The molecule has 0 aliphatic carbocycles. The highest BCUT2D eigenvalue weighted by Gasteiger charge is 2.27. The van der Waals surface area contributed by atoms with Crippen molar-refractivity contribution in [2.45, 2.75) is 37.8 Å². The highest BCUT2D eigenvalue weighted by atomic mass is 16.5. The number of hydrogen-bond acceptors (Lipinski definition) is 8. The van der Waals surface area contributed by atoms with Crippen molar-refractivity contribution in [3.8, 4) is 40.2 Å². The summed E-state index contributed by atoms with van der Waals surface area (Å²) in [4.78, 5) is 2.34. The van der Waals surface area contributed by atoms with Crippen molar-refractivity contribution in [2.24, 2.45) is 0 Å². The average Bonchev–Trinajstić information content (AvgIpc) is 3.06. The van der Waals surface area contributed by atoms with Crippen molar-refractivity contribution in [1.82, 2.24) is 10.2 Å². The normalized spacial score (nSPS) is 17.6. The number of phenols is 1. The Kier molecular flexibility index (Phi) is 9.05. The van der Waals surface area contributed by atoms with Crippen LogP contribution in [0.15, 0.2) is 66.7 Å². The van der Waals surface area contributed by atoms with Crippen molar-refractivity contribution >= 4 is 0 Å². The molecule has 236 valence electrons. The molecule has 0 amide bonds. The zero-order chi connectivity index (χ0) is 31.5. The van der Waals surface area contributed by atoms with Gasteiger partial charge < -0.3 is 34.1 Å². The number of phenolic OH excluding ortho intramolecular Hbond substituents is 1. The van der Waals surface area contributed by atoms with E-state index in [1.165, 1.54) is 22.3 Å². The minimum atomic E-state index is 0.116. The molecule has 0 bridgehead atoms. The maximum absolute atomic E-state index is 10.5. The van der Waals surface area contributed by atoms with Gasteiger partial charge in [0.1, 0.15) is 5.75 Å². The molecule has 0 fully saturated rings. The van der Waals surface area contributed by atoms with Gasteiger partial charge in [-0.25, -0.2) is 0 Å². The van der Waals surface area contributed by atoms with E-state index < -0.39 is 0 Å². The van der Waals surface area contributed by atoms with Crippen LogP contribution in [0.5, 0.6) is 40.2 Å². The highest BCUT2D eigenvalue weighted by molar-refractivity contribution is 5.51. The second kappa shape index (κ2) is 13.3. The lowest BCUT2D eigenvalue weighted by Gasteiger charge is -2.35. The van der Waals surface area contributed by atoms with E-state index >= 15 is 0 Å². The molecule has 6 rings (SSSR count). The zero-order valence-corrected chi connectivity index (χ0v) is 26.7. The lowest BCUT2D eigenvalue weighted by molar-refractivity contribution is 0.228. The van der Waals surface area contributed by atoms with E-state index in [-0.39, 0.29) is 17.8 Å². The fourth-order valence-corrected chi connectivity index (χ4v) is 6.63. The summed E-state index contributed by atoms with van der Waals surface area (Å²) >= 11 is 0. The molecule has 4 aromatic carbocycles. The van der Waals surface area contributed by atoms with Crippen LogP contribution in [0.2, 0.25) is 0 Å². The predicted octanol–water partition coefficient (Wildman–Crippen LogP) is 6.42. The first-order valence-corrected chi connectivity index (χ1v) is 15.4. The summed E-state index contributed by atoms with van der Waals surface area (Å²) in [6.07, 6.45) is 3.49. The second-order valence-corrected chi connectivity index (χ2v) is 11.8. The Balaban J connectivity index is 1.18. The molecule has 0 saturated heterocycles. The smallest absolute Gasteiger partial charge is 0.169 e. The lowest BCUT2D eigenvalue weighted by Crippen LogP contribution is -2.33. The summed E-state index contributed by atoms with van der Waals surface area (Å²) in [6, 6.07) is 22.7. The number of fused-ring (bicyclic) bond motifs is 2. The third kappa shape index (κ3) is 6.39. The number of aromatic hydroxyl groups is 1. The maximum atomic E-state index is 10.5. The fraction of sp³-hybridized carbons (Fsp3) is 0.351. The molecule has 2 atom stereocenters. The number of likely N-dealkylation sites (N-methyl/N-ethyl adjacent to an activating group) is 1. The zero-order valence-electron chi connectivity index (χ0n) is 26.7. The summed E-state index contributed by atoms with van der Waals surface area (Å²) in [5.74, 6) is 4.30. The summed E-state index contributed by atoms with van der Waals surface area (Å²) in [7, 11) is 8.73. The largest absolute Gasteiger partial charge is 0.504 e. The predicted molar refractivity (Wildman–Crippen MR) is 175 cm³/mol. The van der Waals surface area contributed by atoms with Gasteiger partial charge in [0.15, 0.2) is 34.5 Å². The molecule has 2 N–H and O–H groups in total. The van der Waals surface area contributed by atoms with E-state index in [4.69, 9.17) is 23.7 Å². The van der Waals surface area contributed by atoms with Crippen LogP contribution < -0.4 is 29.0 Å². The molecule has 0 radical (unpaired) electrons. The molecule has 2 heterocycles. The molecule has 4 aromatic rings. The SMILES string of the molecule is COc1cc2c(cc1O)[C@@H](Cc1ccc(OC)c(Oc3ccc(C[C@@H]4NCCc5cc(OC)c(OC)cc54)cc3)c1)N(C)CC2. The molecule has 0 saturated carbocycles. The van der Waals surface area contributed by atoms with Gasteiger partial charge >= 0.3 is 0 Å². The molecular formula is C37H42N2O6. The van der Waals surface area contributed by atoms with Gasteiger partial charge in [-0.15, -0.1) is 0 Å². The average molecular weight is 611 g/mol. The van der Waals surface area contributed by atoms with Crippen LogP contribution in [0.1, 0.15) is 45.5 Å². The van der Waals surface area contributed by atoms with E-state index in [0.29, 0.717) is 17.2 Å². The summed E-state index contributed by atoms with van der Waals surface area (Å²) in [5, 5.41) is 14.2. The third-order valence-corrected chi connectivity index (χ3v) is 9.12. The van der Waals surface area contributed by atoms with Crippen LogP contribution in [0.4, 0.5) is 0 Å². The van der Waals surface area contributed by atoms with Gasteiger partial charge in [0.05, 0.1) is 28.4 Å². The molecule has 2 aliphatic rings. The standard InChI is InChI=1S/C37H42N2O6/c1-39-15-13-26-19-34(42-3)32(40)21-29(26)31(39)17-24-8-11-33(41-2)37(18-24)45-27-9-6-23(7-10-27)16-30-28-22-36(44-5)35(43-4)20-25(28)12-14-38-30/h6-11,18-22,30-31,38,40H,12-17H2,1-5H3/t30-,31+/m0/s1. The van der Waals surface area contributed by atoms with Crippen LogP contribution in [0.3, 0.4) is 0 Å². The molecule has 2 aliphatic heterocycles. The number of hydrogen-bond donors (Lipinski definition) is 2. The fourth-order valence-electron chi connectivity index (χ4n) is 6.63. The van der Waals surface area contributed by atoms with Crippen LogP contribution in [-0.2, 0) is 25.7 Å². The number of nitrogens with zero attached hydrogens (tertiary/aromatic N) is 1. The number of ether oxygens (including phenoxy) is 5. The van der Waals surface area contributed by atoms with E-state index in [1.807, 2.05) is 30.3 Å². The van der Waals surface area contributed by atoms with Crippen molar-refractivity contribution < 1.29 is 28.8 Å². The van der Waals surface area contributed by atoms with Crippen LogP contribution >= 0.6 is 0 Å². The molecule has 8 nitrogen and oxygen atoms in total. The first kappa shape index (κ1) is 30.6. The molecule has 0 aromatic heterocycles. The van der Waals surface area contributed by atoms with Gasteiger partial charge in [-0.2, -0.15) is 0 Å². The Bertz CT molecular complexity index is 1650. The van der Waals surface area contributed by atoms with Gasteiger partial charge in [0.25, 0.3) is 0 Å². The van der Waals surface area contributed by atoms with Gasteiger partial charge in [-0.1, -0.05) is 18.2 Å². The molecule has 0 spiro atoms. The highest BCUT2D eigenvalue weighted by Crippen LogP contribution is 2.40. The van der Waals surface area contributed by atoms with Gasteiger partial charge in [0, 0.05) is 18.6 Å². The van der Waals surface area contributed by atoms with Crippen LogP contribution in [0.25, 0.3) is 0 Å². The topological polar surface area (TPSA) is 81.7 Å². The summed E-state index contributed by atoms with van der Waals surface area (Å²) < 4.78 is 28.5. The van der Waals surface area contributed by atoms with Gasteiger partial charge in [0.2, 0.25) is 0 Å². The summed E-state index contributed by atoms with van der Waals surface area (Å²) in [6.45, 7) is 1.85. The van der Waals surface area contributed by atoms with Crippen LogP contribution in [-0.4, -0.2) is 58.6 Å². The summed E-state index contributed by atoms with van der Waals surface area (Å²) in [5.41, 5.74) is 7.22. The molecular weight excluding hydrogens is 568 g/mol. The van der Waals surface area contributed by atoms with Crippen molar-refractivity contribution in [1.29, 1.82) is 0 Å². The quantitative estimate of drug-likeness (QED) is 0.213. The number of rotatable bonds is 10. The van der Waals surface area contributed by atoms with E-state index in [2.05, 4.69) is 53.7 Å². The van der Waals surface area contributed by atoms with Crippen molar-refractivity contribution in [3.05, 3.63) is 100 Å². The third-order valence-electron chi connectivity index (χ3n) is 9.12. The lowest BCUT2D eigenvalue weighted by atomic mass is 9.88. The monoisotopic (exact) mass is 610 g/mol. The minimum Gasteiger partial charge on any atom is -0.504 e. The van der Waals surface area contributed by atoms with Crippen LogP contribution in [0, 0.1) is 0 Å². The Hall–Kier alpha value is -4.40. The number of methoxy groups -OCH3 is 4. The molecule has 0 unspecified atom stereocenters. The van der Waals surface area contributed by atoms with E-state index in [1.54, 1.807) is 28.4 Å². The van der Waals surface area contributed by atoms with E-state index in [9.17, 15) is 5.11 Å². The van der Waals surface area contributed by atoms with Crippen molar-refractivity contribution in [2.75, 3.05) is 48.6 Å². The van der Waals surface area contributed by atoms with Gasteiger partial charge in [-0.3, -0.25) is 4.90 Å². The Morgan fingerprint density at radius 2 is 1.36 bits per heavy atom. The Morgan fingerprint density at radius 1 is 0.689 bits per heavy atom. The first-order valence-electron chi connectivity index (χ1n) is 15.4. The van der Waals surface area contributed by atoms with E-state index in [0.717, 1.165) is 67.1 Å². The Labute approximate surface area is 265 Å². The number of benzene rings is 4. The maximum Gasteiger partial charge on any atom is 0.169 e. The van der Waals surface area contributed by atoms with Gasteiger partial charge in [-0.05, 0) is 121 Å². The second-order valence-electron chi connectivity index (χ2n) is 11.8. The van der Waals surface area contributed by atoms with Crippen molar-refractivity contribution in [3.63, 3.8) is 0 Å². The Morgan fingerprint density at radius 3 is 2.09 bits per heavy atom. The number of nitrogens with one attached hydrogen (secondary N) is 1. The molecule has 8 heteroatoms. The molecule has 45 heavy (non-hydrogen) atoms.